The van der Waals surface area contributed by atoms with Crippen LogP contribution in [0.2, 0.25) is 0 Å². The van der Waals surface area contributed by atoms with E-state index in [4.69, 9.17) is 24.8 Å². The summed E-state index contributed by atoms with van der Waals surface area (Å²) in [6.07, 6.45) is -7.82. The number of hydrogen-bond acceptors (Lipinski definition) is 7. The van der Waals surface area contributed by atoms with Gasteiger partial charge in [-0.2, -0.15) is 13.2 Å². The second-order valence-electron chi connectivity index (χ2n) is 6.30. The van der Waals surface area contributed by atoms with E-state index < -0.39 is 30.2 Å². The van der Waals surface area contributed by atoms with Gasteiger partial charge in [-0.25, -0.2) is 4.79 Å². The van der Waals surface area contributed by atoms with Crippen LogP contribution in [0.5, 0.6) is 0 Å². The normalized spacial score (nSPS) is 24.7. The van der Waals surface area contributed by atoms with Crippen molar-refractivity contribution in [3.63, 3.8) is 0 Å². The molecule has 3 N–H and O–H groups in total. The lowest BCUT2D eigenvalue weighted by atomic mass is 9.80. The van der Waals surface area contributed by atoms with Crippen molar-refractivity contribution in [1.29, 1.82) is 0 Å². The zero-order valence-corrected chi connectivity index (χ0v) is 14.2. The molecule has 1 saturated carbocycles. The van der Waals surface area contributed by atoms with Gasteiger partial charge in [0.2, 0.25) is 11.8 Å². The van der Waals surface area contributed by atoms with Gasteiger partial charge in [0.1, 0.15) is 6.10 Å². The van der Waals surface area contributed by atoms with E-state index in [1.807, 2.05) is 0 Å². The molecule has 0 aromatic carbocycles. The number of carboxylic acids is 1. The summed E-state index contributed by atoms with van der Waals surface area (Å²) >= 11 is 0. The molecule has 2 heterocycles. The molecule has 14 heteroatoms. The highest BCUT2D eigenvalue weighted by atomic mass is 19.4. The van der Waals surface area contributed by atoms with Crippen LogP contribution in [0.4, 0.5) is 26.3 Å². The Balaban J connectivity index is 0.000000345. The van der Waals surface area contributed by atoms with E-state index >= 15 is 0 Å². The van der Waals surface area contributed by atoms with Crippen molar-refractivity contribution in [3.8, 4) is 0 Å². The van der Waals surface area contributed by atoms with Crippen LogP contribution in [0.1, 0.15) is 50.0 Å². The maximum atomic E-state index is 12.5. The Kier molecular flexibility index (Phi) is 6.55. The molecule has 0 spiro atoms. The number of aromatic nitrogens is 2. The fourth-order valence-corrected chi connectivity index (χ4v) is 2.59. The second kappa shape index (κ2) is 8.21. The molecule has 160 valence electrons. The first kappa shape index (κ1) is 22.4. The summed E-state index contributed by atoms with van der Waals surface area (Å²) in [5.41, 5.74) is 4.18. The van der Waals surface area contributed by atoms with Crippen molar-refractivity contribution in [1.82, 2.24) is 10.2 Å². The molecule has 1 aromatic rings. The lowest BCUT2D eigenvalue weighted by molar-refractivity contribution is -0.387. The smallest absolute Gasteiger partial charge is 0.475 e. The van der Waals surface area contributed by atoms with Crippen molar-refractivity contribution in [2.75, 3.05) is 6.61 Å². The van der Waals surface area contributed by atoms with Gasteiger partial charge >= 0.3 is 18.5 Å². The Morgan fingerprint density at radius 1 is 1.18 bits per heavy atom. The Labute approximate surface area is 154 Å². The molecule has 8 nitrogen and oxygen atoms in total. The largest absolute Gasteiger partial charge is 0.523 e. The topological polar surface area (TPSA) is 121 Å². The van der Waals surface area contributed by atoms with Crippen LogP contribution < -0.4 is 5.73 Å². The second-order valence-corrected chi connectivity index (χ2v) is 6.30. The molecule has 3 rings (SSSR count). The van der Waals surface area contributed by atoms with E-state index in [1.165, 1.54) is 0 Å². The van der Waals surface area contributed by atoms with E-state index in [2.05, 4.69) is 14.9 Å². The molecule has 1 saturated heterocycles. The van der Waals surface area contributed by atoms with Gasteiger partial charge in [0.05, 0.1) is 6.61 Å². The van der Waals surface area contributed by atoms with E-state index in [9.17, 15) is 26.3 Å². The van der Waals surface area contributed by atoms with Gasteiger partial charge in [0, 0.05) is 6.04 Å². The first-order chi connectivity index (χ1) is 12.8. The number of ether oxygens (including phenoxy) is 2. The van der Waals surface area contributed by atoms with E-state index in [1.54, 1.807) is 0 Å². The third-order valence-electron chi connectivity index (χ3n) is 4.13. The summed E-state index contributed by atoms with van der Waals surface area (Å²) in [6, 6.07) is -0.0322. The number of aliphatic carboxylic acids is 1. The van der Waals surface area contributed by atoms with Gasteiger partial charge in [0.25, 0.3) is 0 Å². The maximum Gasteiger partial charge on any atom is 0.523 e. The average molecular weight is 421 g/mol. The molecular weight excluding hydrogens is 404 g/mol. The summed E-state index contributed by atoms with van der Waals surface area (Å²) in [4.78, 5) is 8.90. The van der Waals surface area contributed by atoms with Gasteiger partial charge in [-0.15, -0.1) is 23.4 Å². The molecule has 0 amide bonds. The number of carboxylic acid groups (broad SMARTS) is 1. The van der Waals surface area contributed by atoms with Crippen LogP contribution in [0.25, 0.3) is 0 Å². The Morgan fingerprint density at radius 2 is 1.79 bits per heavy atom. The van der Waals surface area contributed by atoms with E-state index in [0.717, 1.165) is 6.42 Å². The van der Waals surface area contributed by atoms with Gasteiger partial charge < -0.3 is 20.0 Å². The summed E-state index contributed by atoms with van der Waals surface area (Å²) in [6.45, 7) is 0.368. The van der Waals surface area contributed by atoms with Crippen molar-refractivity contribution in [3.05, 3.63) is 11.8 Å². The molecule has 0 bridgehead atoms. The summed E-state index contributed by atoms with van der Waals surface area (Å²) < 4.78 is 84.3. The Hall–Kier alpha value is -1.93. The minimum Gasteiger partial charge on any atom is -0.475 e. The fourth-order valence-electron chi connectivity index (χ4n) is 2.59. The maximum absolute atomic E-state index is 12.5. The quantitative estimate of drug-likeness (QED) is 0.715. The molecular formula is C14H17F6N3O5. The average Bonchev–Trinajstić information content (AvgIpc) is 3.00. The number of halogens is 6. The van der Waals surface area contributed by atoms with Crippen LogP contribution in [0.3, 0.4) is 0 Å². The highest BCUT2D eigenvalue weighted by molar-refractivity contribution is 5.73. The van der Waals surface area contributed by atoms with Gasteiger partial charge in [-0.1, -0.05) is 0 Å². The standard InChI is InChI=1S/C12H16F3N3O3.C2HF3O2/c13-12(14,15)21-11(4-1-5-11)10-18-17-9(20-10)8-3-2-7(16)6-19-8;3-2(4,5)1(6)7/h7-8H,1-6,16H2;(H,6,7)/t7-,8+;/m1./s1. The molecule has 2 aliphatic rings. The van der Waals surface area contributed by atoms with Crippen LogP contribution in [-0.2, 0) is 19.9 Å². The number of hydrogen-bond donors (Lipinski definition) is 2. The number of alkyl halides is 6. The van der Waals surface area contributed by atoms with Crippen molar-refractivity contribution >= 4 is 5.97 Å². The summed E-state index contributed by atoms with van der Waals surface area (Å²) in [5, 5.41) is 14.7. The molecule has 0 unspecified atom stereocenters. The van der Waals surface area contributed by atoms with Crippen LogP contribution in [0, 0.1) is 0 Å². The molecule has 28 heavy (non-hydrogen) atoms. The highest BCUT2D eigenvalue weighted by Gasteiger charge is 2.52. The Bertz CT molecular complexity index is 665. The predicted molar refractivity (Wildman–Crippen MR) is 76.6 cm³/mol. The van der Waals surface area contributed by atoms with Crippen molar-refractivity contribution in [2.45, 2.75) is 62.4 Å². The number of nitrogens with two attached hydrogens (primary N) is 1. The summed E-state index contributed by atoms with van der Waals surface area (Å²) in [7, 11) is 0. The van der Waals surface area contributed by atoms with Crippen molar-refractivity contribution in [2.24, 2.45) is 5.73 Å². The van der Waals surface area contributed by atoms with E-state index in [0.29, 0.717) is 19.4 Å². The lowest BCUT2D eigenvalue weighted by Crippen LogP contribution is -2.42. The van der Waals surface area contributed by atoms with Crippen molar-refractivity contribution < 1.29 is 50.1 Å². The Morgan fingerprint density at radius 3 is 2.18 bits per heavy atom. The molecule has 0 radical (unpaired) electrons. The number of nitrogens with zero attached hydrogens (tertiary/aromatic N) is 2. The summed E-state index contributed by atoms with van der Waals surface area (Å²) in [5.74, 6) is -2.69. The molecule has 1 aliphatic carbocycles. The molecule has 1 aliphatic heterocycles. The van der Waals surface area contributed by atoms with Gasteiger partial charge in [-0.05, 0) is 32.1 Å². The van der Waals surface area contributed by atoms with E-state index in [-0.39, 0.29) is 30.7 Å². The fraction of sp³-hybridized carbons (Fsp3) is 0.786. The lowest BCUT2D eigenvalue weighted by Gasteiger charge is -2.38. The minimum absolute atomic E-state index is 0.0322. The minimum atomic E-state index is -5.08. The molecule has 2 fully saturated rings. The van der Waals surface area contributed by atoms with Crippen LogP contribution in [-0.4, -0.2) is 46.5 Å². The predicted octanol–water partition coefficient (Wildman–Crippen LogP) is 2.80. The van der Waals surface area contributed by atoms with Crippen LogP contribution >= 0.6 is 0 Å². The van der Waals surface area contributed by atoms with Gasteiger partial charge in [-0.3, -0.25) is 4.74 Å². The third kappa shape index (κ3) is 5.78. The number of carbonyl (C=O) groups is 1. The first-order valence-electron chi connectivity index (χ1n) is 8.10. The first-order valence-corrected chi connectivity index (χ1v) is 8.10. The monoisotopic (exact) mass is 421 g/mol. The highest BCUT2D eigenvalue weighted by Crippen LogP contribution is 2.48. The zero-order chi connectivity index (χ0) is 21.2. The van der Waals surface area contributed by atoms with Crippen LogP contribution in [0.15, 0.2) is 4.42 Å². The third-order valence-corrected chi connectivity index (χ3v) is 4.13. The number of rotatable bonds is 3. The molecule has 1 aromatic heterocycles. The molecule has 2 atom stereocenters. The van der Waals surface area contributed by atoms with Gasteiger partial charge in [0.15, 0.2) is 5.60 Å². The zero-order valence-electron chi connectivity index (χ0n) is 14.2. The SMILES string of the molecule is N[C@@H]1CC[C@@H](c2nnc(C3(OC(F)(F)F)CCC3)o2)OC1.O=C(O)C(F)(F)F.